The maximum Gasteiger partial charge on any atom is 0.283 e. The zero-order valence-corrected chi connectivity index (χ0v) is 16.1. The lowest BCUT2D eigenvalue weighted by atomic mass is 9.97. The number of furan rings is 1. The monoisotopic (exact) mass is 380 g/mol. The molecule has 1 N–H and O–H groups in total. The molecule has 28 heavy (non-hydrogen) atoms. The molecule has 7 heteroatoms. The van der Waals surface area contributed by atoms with Gasteiger partial charge < -0.3 is 14.2 Å². The number of aryl methyl sites for hydroxylation is 2. The van der Waals surface area contributed by atoms with Gasteiger partial charge in [0, 0.05) is 11.6 Å². The standard InChI is InChI=1S/C21H24N4O3/c1-14-5-6-17(12-15(14)2)22-19(26)13-25-9-7-16(8-10-25)20-23-24-21(28-20)18-4-3-11-27-18/h3-6,11-12,16H,7-10,13H2,1-2H3,(H,22,26). The first-order chi connectivity index (χ1) is 13.6. The smallest absolute Gasteiger partial charge is 0.283 e. The second-order valence-electron chi connectivity index (χ2n) is 7.32. The van der Waals surface area contributed by atoms with Crippen LogP contribution in [0.1, 0.15) is 35.8 Å². The van der Waals surface area contributed by atoms with Crippen molar-refractivity contribution in [3.8, 4) is 11.7 Å². The van der Waals surface area contributed by atoms with Gasteiger partial charge in [0.15, 0.2) is 5.76 Å². The van der Waals surface area contributed by atoms with Crippen molar-refractivity contribution in [1.29, 1.82) is 0 Å². The first kappa shape index (κ1) is 18.4. The van der Waals surface area contributed by atoms with E-state index in [0.29, 0.717) is 24.1 Å². The van der Waals surface area contributed by atoms with Crippen LogP contribution in [-0.2, 0) is 4.79 Å². The van der Waals surface area contributed by atoms with Crippen LogP contribution in [0, 0.1) is 13.8 Å². The fraction of sp³-hybridized carbons (Fsp3) is 0.381. The van der Waals surface area contributed by atoms with E-state index >= 15 is 0 Å². The highest BCUT2D eigenvalue weighted by molar-refractivity contribution is 5.92. The van der Waals surface area contributed by atoms with Gasteiger partial charge >= 0.3 is 0 Å². The number of benzene rings is 1. The predicted octanol–water partition coefficient (Wildman–Crippen LogP) is 3.76. The summed E-state index contributed by atoms with van der Waals surface area (Å²) < 4.78 is 11.1. The minimum Gasteiger partial charge on any atom is -0.459 e. The fourth-order valence-electron chi connectivity index (χ4n) is 3.46. The largest absolute Gasteiger partial charge is 0.459 e. The molecule has 2 aromatic heterocycles. The van der Waals surface area contributed by atoms with Crippen molar-refractivity contribution in [2.75, 3.05) is 25.0 Å². The molecule has 1 aromatic carbocycles. The number of nitrogens with zero attached hydrogens (tertiary/aromatic N) is 3. The normalized spacial score (nSPS) is 15.6. The highest BCUT2D eigenvalue weighted by Crippen LogP contribution is 2.29. The second kappa shape index (κ2) is 7.98. The third kappa shape index (κ3) is 4.14. The van der Waals surface area contributed by atoms with Crippen LogP contribution in [0.3, 0.4) is 0 Å². The van der Waals surface area contributed by atoms with E-state index < -0.39 is 0 Å². The van der Waals surface area contributed by atoms with E-state index in [2.05, 4.69) is 27.3 Å². The number of rotatable bonds is 5. The summed E-state index contributed by atoms with van der Waals surface area (Å²) in [5, 5.41) is 11.2. The minimum absolute atomic E-state index is 0.0135. The molecule has 0 atom stereocenters. The topological polar surface area (TPSA) is 84.4 Å². The predicted molar refractivity (Wildman–Crippen MR) is 105 cm³/mol. The van der Waals surface area contributed by atoms with Crippen molar-refractivity contribution in [2.24, 2.45) is 0 Å². The summed E-state index contributed by atoms with van der Waals surface area (Å²) in [6.07, 6.45) is 3.36. The summed E-state index contributed by atoms with van der Waals surface area (Å²) in [4.78, 5) is 14.5. The lowest BCUT2D eigenvalue weighted by molar-refractivity contribution is -0.117. The summed E-state index contributed by atoms with van der Waals surface area (Å²) >= 11 is 0. The third-order valence-corrected chi connectivity index (χ3v) is 5.27. The molecule has 0 bridgehead atoms. The molecule has 146 valence electrons. The summed E-state index contributed by atoms with van der Waals surface area (Å²) in [5.74, 6) is 1.87. The molecular formula is C21H24N4O3. The van der Waals surface area contributed by atoms with E-state index in [-0.39, 0.29) is 11.8 Å². The Kier molecular flexibility index (Phi) is 5.25. The number of anilines is 1. The van der Waals surface area contributed by atoms with E-state index in [1.807, 2.05) is 25.1 Å². The number of likely N-dealkylation sites (tertiary alicyclic amines) is 1. The number of hydrogen-bond acceptors (Lipinski definition) is 6. The molecule has 3 aromatic rings. The van der Waals surface area contributed by atoms with Crippen molar-refractivity contribution in [1.82, 2.24) is 15.1 Å². The Bertz CT molecular complexity index is 940. The van der Waals surface area contributed by atoms with Crippen LogP contribution in [0.5, 0.6) is 0 Å². The lowest BCUT2D eigenvalue weighted by Crippen LogP contribution is -2.38. The average Bonchev–Trinajstić information content (AvgIpc) is 3.37. The van der Waals surface area contributed by atoms with Crippen molar-refractivity contribution in [3.05, 3.63) is 53.6 Å². The molecule has 1 amide bonds. The van der Waals surface area contributed by atoms with Crippen LogP contribution in [-0.4, -0.2) is 40.6 Å². The van der Waals surface area contributed by atoms with E-state index in [0.717, 1.165) is 31.6 Å². The van der Waals surface area contributed by atoms with E-state index in [9.17, 15) is 4.79 Å². The van der Waals surface area contributed by atoms with Crippen molar-refractivity contribution < 1.29 is 13.6 Å². The Morgan fingerprint density at radius 2 is 2.00 bits per heavy atom. The molecule has 0 unspecified atom stereocenters. The Labute approximate surface area is 163 Å². The van der Waals surface area contributed by atoms with Gasteiger partial charge in [-0.05, 0) is 75.2 Å². The van der Waals surface area contributed by atoms with E-state index in [1.54, 1.807) is 18.4 Å². The molecule has 7 nitrogen and oxygen atoms in total. The quantitative estimate of drug-likeness (QED) is 0.725. The first-order valence-corrected chi connectivity index (χ1v) is 9.55. The molecule has 0 spiro atoms. The Morgan fingerprint density at radius 1 is 1.18 bits per heavy atom. The molecule has 0 radical (unpaired) electrons. The van der Waals surface area contributed by atoms with Crippen LogP contribution >= 0.6 is 0 Å². The Balaban J connectivity index is 1.28. The van der Waals surface area contributed by atoms with Crippen molar-refractivity contribution in [3.63, 3.8) is 0 Å². The fourth-order valence-corrected chi connectivity index (χ4v) is 3.46. The van der Waals surface area contributed by atoms with Crippen molar-refractivity contribution >= 4 is 11.6 Å². The summed E-state index contributed by atoms with van der Waals surface area (Å²) in [5.41, 5.74) is 3.24. The number of nitrogens with one attached hydrogen (secondary N) is 1. The Hall–Kier alpha value is -2.93. The van der Waals surface area contributed by atoms with Gasteiger partial charge in [-0.15, -0.1) is 10.2 Å². The maximum absolute atomic E-state index is 12.4. The molecule has 0 saturated carbocycles. The number of aromatic nitrogens is 2. The SMILES string of the molecule is Cc1ccc(NC(=O)CN2CCC(c3nnc(-c4ccco4)o3)CC2)cc1C. The molecule has 1 fully saturated rings. The molecule has 1 aliphatic rings. The number of hydrogen-bond donors (Lipinski definition) is 1. The van der Waals surface area contributed by atoms with Crippen LogP contribution in [0.25, 0.3) is 11.7 Å². The number of amides is 1. The number of carbonyl (C=O) groups excluding carboxylic acids is 1. The molecule has 0 aliphatic carbocycles. The van der Waals surface area contributed by atoms with E-state index in [4.69, 9.17) is 8.83 Å². The van der Waals surface area contributed by atoms with Gasteiger partial charge in [0.25, 0.3) is 5.89 Å². The van der Waals surface area contributed by atoms with E-state index in [1.165, 1.54) is 11.1 Å². The van der Waals surface area contributed by atoms with Crippen LogP contribution in [0.4, 0.5) is 5.69 Å². The highest BCUT2D eigenvalue weighted by Gasteiger charge is 2.26. The summed E-state index contributed by atoms with van der Waals surface area (Å²) in [7, 11) is 0. The van der Waals surface area contributed by atoms with Crippen LogP contribution in [0.15, 0.2) is 45.4 Å². The highest BCUT2D eigenvalue weighted by atomic mass is 16.4. The van der Waals surface area contributed by atoms with Gasteiger partial charge in [-0.3, -0.25) is 9.69 Å². The van der Waals surface area contributed by atoms with Gasteiger partial charge in [-0.2, -0.15) is 0 Å². The third-order valence-electron chi connectivity index (χ3n) is 5.27. The van der Waals surface area contributed by atoms with Gasteiger partial charge in [0.05, 0.1) is 12.8 Å². The second-order valence-corrected chi connectivity index (χ2v) is 7.32. The average molecular weight is 380 g/mol. The maximum atomic E-state index is 12.4. The first-order valence-electron chi connectivity index (χ1n) is 9.55. The van der Waals surface area contributed by atoms with Gasteiger partial charge in [-0.25, -0.2) is 0 Å². The molecule has 4 rings (SSSR count). The minimum atomic E-state index is 0.0135. The zero-order valence-electron chi connectivity index (χ0n) is 16.1. The molecule has 1 aliphatic heterocycles. The lowest BCUT2D eigenvalue weighted by Gasteiger charge is -2.29. The summed E-state index contributed by atoms with van der Waals surface area (Å²) in [6.45, 7) is 6.14. The zero-order chi connectivity index (χ0) is 19.5. The molecular weight excluding hydrogens is 356 g/mol. The van der Waals surface area contributed by atoms with Gasteiger partial charge in [0.2, 0.25) is 11.8 Å². The van der Waals surface area contributed by atoms with Crippen LogP contribution in [0.2, 0.25) is 0 Å². The molecule has 1 saturated heterocycles. The molecule has 3 heterocycles. The van der Waals surface area contributed by atoms with Crippen LogP contribution < -0.4 is 5.32 Å². The number of carbonyl (C=O) groups is 1. The van der Waals surface area contributed by atoms with Gasteiger partial charge in [-0.1, -0.05) is 6.07 Å². The summed E-state index contributed by atoms with van der Waals surface area (Å²) in [6, 6.07) is 9.57. The van der Waals surface area contributed by atoms with Gasteiger partial charge in [0.1, 0.15) is 0 Å². The van der Waals surface area contributed by atoms with Crippen molar-refractivity contribution in [2.45, 2.75) is 32.6 Å². The Morgan fingerprint density at radius 3 is 2.71 bits per heavy atom. The number of piperidine rings is 1.